The summed E-state index contributed by atoms with van der Waals surface area (Å²) in [6, 6.07) is 8.74. The minimum Gasteiger partial charge on any atom is -0.481 e. The molecule has 2 aromatic rings. The lowest BCUT2D eigenvalue weighted by Gasteiger charge is -2.22. The summed E-state index contributed by atoms with van der Waals surface area (Å²) in [5.41, 5.74) is 7.84. The zero-order valence-electron chi connectivity index (χ0n) is 33.6. The van der Waals surface area contributed by atoms with E-state index in [-0.39, 0.29) is 5.92 Å². The van der Waals surface area contributed by atoms with E-state index in [0.717, 1.165) is 116 Å². The highest BCUT2D eigenvalue weighted by Crippen LogP contribution is 2.58. The van der Waals surface area contributed by atoms with Gasteiger partial charge in [-0.2, -0.15) is 0 Å². The zero-order valence-corrected chi connectivity index (χ0v) is 33.6. The van der Waals surface area contributed by atoms with Crippen molar-refractivity contribution in [3.05, 3.63) is 68.8 Å². The first-order valence-corrected chi connectivity index (χ1v) is 21.3. The van der Waals surface area contributed by atoms with Crippen LogP contribution in [0.4, 0.5) is 0 Å². The molecule has 0 heterocycles. The standard InChI is InChI=1S/C47H64O8/c1-31-12-9-14-34(13-6-8-18-44(22-23-44)40(48)49)37(31)15-5-4-7-21-47(43(54)55)30-36(47)29-35-28-32(2)33(3)38(16-10-19-45(24-25-45)41(50)51)39(35)17-11-20-46(26-27-46)42(52)53/h9,12,14,28,36H,4-8,10-11,13,15-27,29-30H2,1-3H3,(H,48,49)(H,50,51)(H,52,53)(H,54,55). The Morgan fingerprint density at radius 2 is 1.05 bits per heavy atom. The molecule has 0 bridgehead atoms. The van der Waals surface area contributed by atoms with Crippen LogP contribution in [0.1, 0.15) is 160 Å². The molecule has 0 saturated heterocycles. The highest BCUT2D eigenvalue weighted by atomic mass is 16.4. The van der Waals surface area contributed by atoms with Crippen LogP contribution in [-0.4, -0.2) is 44.3 Å². The third-order valence-electron chi connectivity index (χ3n) is 14.8. The van der Waals surface area contributed by atoms with E-state index in [1.807, 2.05) is 0 Å². The van der Waals surface area contributed by atoms with E-state index in [2.05, 4.69) is 45.0 Å². The third-order valence-corrected chi connectivity index (χ3v) is 14.8. The first-order chi connectivity index (χ1) is 26.2. The Labute approximate surface area is 327 Å². The number of carboxylic acids is 4. The molecular formula is C47H64O8. The maximum absolute atomic E-state index is 12.9. The normalized spacial score (nSPS) is 22.2. The molecule has 0 aliphatic heterocycles. The highest BCUT2D eigenvalue weighted by Gasteiger charge is 2.59. The van der Waals surface area contributed by atoms with E-state index in [9.17, 15) is 39.6 Å². The monoisotopic (exact) mass is 756 g/mol. The molecule has 6 rings (SSSR count). The van der Waals surface area contributed by atoms with E-state index in [1.54, 1.807) is 0 Å². The summed E-state index contributed by atoms with van der Waals surface area (Å²) in [4.78, 5) is 48.3. The van der Waals surface area contributed by atoms with Crippen molar-refractivity contribution >= 4 is 23.9 Å². The van der Waals surface area contributed by atoms with Crippen molar-refractivity contribution in [1.29, 1.82) is 0 Å². The SMILES string of the molecule is Cc1cc(CC2CC2(CCCCCc2c(C)cccc2CCCCC2(C(=O)O)CC2)C(=O)O)c(CCCC2(C(=O)O)CC2)c(CCCC2(C(=O)O)CC2)c1C. The number of aliphatic carboxylic acids is 4. The molecule has 0 spiro atoms. The molecular weight excluding hydrogens is 693 g/mol. The predicted molar refractivity (Wildman–Crippen MR) is 212 cm³/mol. The smallest absolute Gasteiger partial charge is 0.309 e. The fraction of sp³-hybridized carbons (Fsp3) is 0.660. The summed E-state index contributed by atoms with van der Waals surface area (Å²) in [6.07, 6.45) is 18.5. The van der Waals surface area contributed by atoms with Crippen molar-refractivity contribution in [3.63, 3.8) is 0 Å². The second-order valence-corrected chi connectivity index (χ2v) is 18.4. The Morgan fingerprint density at radius 3 is 1.60 bits per heavy atom. The summed E-state index contributed by atoms with van der Waals surface area (Å²) < 4.78 is 0. The summed E-state index contributed by atoms with van der Waals surface area (Å²) in [5, 5.41) is 39.7. The quantitative estimate of drug-likeness (QED) is 0.0732. The van der Waals surface area contributed by atoms with Crippen LogP contribution in [0.2, 0.25) is 0 Å². The van der Waals surface area contributed by atoms with Gasteiger partial charge in [-0.1, -0.05) is 43.5 Å². The van der Waals surface area contributed by atoms with Crippen LogP contribution in [0, 0.1) is 48.3 Å². The Morgan fingerprint density at radius 1 is 0.545 bits per heavy atom. The van der Waals surface area contributed by atoms with Crippen LogP contribution in [0.15, 0.2) is 24.3 Å². The average Bonchev–Trinajstić information content (AvgIpc) is 3.94. The molecule has 55 heavy (non-hydrogen) atoms. The van der Waals surface area contributed by atoms with Crippen LogP contribution in [0.25, 0.3) is 0 Å². The van der Waals surface area contributed by atoms with Crippen LogP contribution in [-0.2, 0) is 51.3 Å². The van der Waals surface area contributed by atoms with Crippen molar-refractivity contribution in [2.75, 3.05) is 0 Å². The largest absolute Gasteiger partial charge is 0.481 e. The molecule has 2 unspecified atom stereocenters. The van der Waals surface area contributed by atoms with Gasteiger partial charge in [0.05, 0.1) is 21.7 Å². The van der Waals surface area contributed by atoms with Crippen LogP contribution < -0.4 is 0 Å². The van der Waals surface area contributed by atoms with E-state index in [0.29, 0.717) is 32.1 Å². The van der Waals surface area contributed by atoms with E-state index in [4.69, 9.17) is 0 Å². The molecule has 4 aliphatic rings. The van der Waals surface area contributed by atoms with Gasteiger partial charge in [0.2, 0.25) is 0 Å². The number of carbonyl (C=O) groups is 4. The summed E-state index contributed by atoms with van der Waals surface area (Å²) in [7, 11) is 0. The van der Waals surface area contributed by atoms with Crippen molar-refractivity contribution in [2.45, 2.75) is 168 Å². The van der Waals surface area contributed by atoms with Gasteiger partial charge >= 0.3 is 23.9 Å². The first-order valence-electron chi connectivity index (χ1n) is 21.3. The van der Waals surface area contributed by atoms with E-state index < -0.39 is 45.5 Å². The lowest BCUT2D eigenvalue weighted by Crippen LogP contribution is -2.19. The fourth-order valence-electron chi connectivity index (χ4n) is 9.96. The van der Waals surface area contributed by atoms with Gasteiger partial charge in [0.15, 0.2) is 0 Å². The summed E-state index contributed by atoms with van der Waals surface area (Å²) in [5.74, 6) is -2.66. The molecule has 4 fully saturated rings. The molecule has 0 amide bonds. The molecule has 4 N–H and O–H groups in total. The molecule has 300 valence electrons. The third kappa shape index (κ3) is 9.15. The Hall–Kier alpha value is -3.68. The maximum atomic E-state index is 12.9. The van der Waals surface area contributed by atoms with Gasteiger partial charge in [-0.15, -0.1) is 0 Å². The molecule has 8 nitrogen and oxygen atoms in total. The second kappa shape index (κ2) is 16.4. The topological polar surface area (TPSA) is 149 Å². The van der Waals surface area contributed by atoms with Crippen molar-refractivity contribution in [1.82, 2.24) is 0 Å². The predicted octanol–water partition coefficient (Wildman–Crippen LogP) is 10.0. The Bertz CT molecular complexity index is 1780. The number of rotatable bonds is 25. The lowest BCUT2D eigenvalue weighted by molar-refractivity contribution is -0.145. The van der Waals surface area contributed by atoms with Crippen molar-refractivity contribution in [3.8, 4) is 0 Å². The highest BCUT2D eigenvalue weighted by molar-refractivity contribution is 5.79. The van der Waals surface area contributed by atoms with Gasteiger partial charge in [-0.3, -0.25) is 19.2 Å². The fourth-order valence-corrected chi connectivity index (χ4v) is 9.96. The maximum Gasteiger partial charge on any atom is 0.309 e. The van der Waals surface area contributed by atoms with E-state index >= 15 is 0 Å². The Kier molecular flexibility index (Phi) is 12.2. The van der Waals surface area contributed by atoms with Crippen LogP contribution in [0.5, 0.6) is 0 Å². The molecule has 0 aromatic heterocycles. The van der Waals surface area contributed by atoms with Crippen molar-refractivity contribution < 1.29 is 39.6 Å². The van der Waals surface area contributed by atoms with Gasteiger partial charge in [0, 0.05) is 0 Å². The summed E-state index contributed by atoms with van der Waals surface area (Å²) in [6.45, 7) is 6.43. The van der Waals surface area contributed by atoms with Crippen molar-refractivity contribution in [2.24, 2.45) is 27.6 Å². The number of benzene rings is 2. The van der Waals surface area contributed by atoms with Gasteiger partial charge < -0.3 is 20.4 Å². The van der Waals surface area contributed by atoms with Crippen LogP contribution >= 0.6 is 0 Å². The molecule has 8 heteroatoms. The van der Waals surface area contributed by atoms with E-state index in [1.165, 1.54) is 44.5 Å². The number of aryl methyl sites for hydroxylation is 3. The summed E-state index contributed by atoms with van der Waals surface area (Å²) >= 11 is 0. The number of unbranched alkanes of at least 4 members (excludes halogenated alkanes) is 3. The molecule has 2 aromatic carbocycles. The number of carboxylic acid groups (broad SMARTS) is 4. The molecule has 0 radical (unpaired) electrons. The molecule has 2 atom stereocenters. The Balaban J connectivity index is 1.06. The minimum atomic E-state index is -0.708. The molecule has 4 aliphatic carbocycles. The molecule has 4 saturated carbocycles. The number of hydrogen-bond acceptors (Lipinski definition) is 4. The van der Waals surface area contributed by atoms with Gasteiger partial charge in [0.25, 0.3) is 0 Å². The zero-order chi connectivity index (χ0) is 39.6. The van der Waals surface area contributed by atoms with Gasteiger partial charge in [-0.25, -0.2) is 0 Å². The lowest BCUT2D eigenvalue weighted by atomic mass is 9.83. The first kappa shape index (κ1) is 41.0. The number of hydrogen-bond donors (Lipinski definition) is 4. The van der Waals surface area contributed by atoms with Gasteiger partial charge in [-0.05, 0) is 200 Å². The van der Waals surface area contributed by atoms with Gasteiger partial charge in [0.1, 0.15) is 0 Å². The average molecular weight is 757 g/mol. The minimum absolute atomic E-state index is 0.0631. The van der Waals surface area contributed by atoms with Crippen LogP contribution in [0.3, 0.4) is 0 Å². The second-order valence-electron chi connectivity index (χ2n) is 18.4.